The van der Waals surface area contributed by atoms with Gasteiger partial charge in [0.05, 0.1) is 49.1 Å². The number of rotatable bonds is 10. The van der Waals surface area contributed by atoms with Gasteiger partial charge in [-0.1, -0.05) is 6.08 Å². The minimum absolute atomic E-state index is 0.00109. The molecule has 20 heteroatoms. The van der Waals surface area contributed by atoms with Gasteiger partial charge in [0.15, 0.2) is 24.8 Å². The topological polar surface area (TPSA) is 339 Å². The minimum Gasteiger partial charge on any atom is -0.460 e. The van der Waals surface area contributed by atoms with E-state index in [1.165, 1.54) is 0 Å². The summed E-state index contributed by atoms with van der Waals surface area (Å²) in [6.07, 6.45) is -22.2. The Morgan fingerprint density at radius 1 is 0.625 bits per heavy atom. The fourth-order valence-corrected chi connectivity index (χ4v) is 9.15. The number of ether oxygens (including phenoxy) is 6. The number of aliphatic hydroxyl groups is 15. The van der Waals surface area contributed by atoms with Crippen molar-refractivity contribution in [3.05, 3.63) is 12.2 Å². The van der Waals surface area contributed by atoms with Gasteiger partial charge in [-0.05, 0) is 44.4 Å². The molecule has 3 heterocycles. The van der Waals surface area contributed by atoms with Gasteiger partial charge >= 0.3 is 5.97 Å². The van der Waals surface area contributed by atoms with Gasteiger partial charge in [-0.15, -0.1) is 0 Å². The van der Waals surface area contributed by atoms with Crippen molar-refractivity contribution < 1.29 is 99.6 Å². The molecule has 11 unspecified atom stereocenters. The number of hydrogen-bond donors (Lipinski definition) is 13. The molecular formula is C36H59O20+. The second kappa shape index (κ2) is 18.8. The Labute approximate surface area is 322 Å². The van der Waals surface area contributed by atoms with Gasteiger partial charge in [0.25, 0.3) is 0 Å². The van der Waals surface area contributed by atoms with Crippen molar-refractivity contribution in [1.29, 1.82) is 0 Å². The summed E-state index contributed by atoms with van der Waals surface area (Å²) in [4.78, 5) is 12.6. The molecule has 0 radical (unpaired) electrons. The van der Waals surface area contributed by atoms with Gasteiger partial charge in [-0.3, -0.25) is 0 Å². The van der Waals surface area contributed by atoms with Crippen LogP contribution in [0, 0.1) is 17.8 Å². The Bertz CT molecular complexity index is 1290. The molecule has 3 saturated carbocycles. The summed E-state index contributed by atoms with van der Waals surface area (Å²) in [6, 6.07) is 0. The lowest BCUT2D eigenvalue weighted by Crippen LogP contribution is -2.64. The monoisotopic (exact) mass is 811 g/mol. The molecule has 0 aromatic rings. The van der Waals surface area contributed by atoms with Crippen LogP contribution in [-0.2, 0) is 28.5 Å². The molecule has 14 N–H and O–H groups in total. The van der Waals surface area contributed by atoms with Crippen LogP contribution in [0.25, 0.3) is 0 Å². The molecule has 21 atom stereocenters. The van der Waals surface area contributed by atoms with E-state index in [-0.39, 0.29) is 44.4 Å². The van der Waals surface area contributed by atoms with Gasteiger partial charge in [0.1, 0.15) is 67.6 Å². The molecule has 0 bridgehead atoms. The molecular weight excluding hydrogens is 752 g/mol. The Kier molecular flexibility index (Phi) is 14.8. The lowest BCUT2D eigenvalue weighted by atomic mass is 9.72. The summed E-state index contributed by atoms with van der Waals surface area (Å²) in [5, 5.41) is 136. The first-order valence-electron chi connectivity index (χ1n) is 19.5. The van der Waals surface area contributed by atoms with E-state index in [9.17, 15) is 71.2 Å². The van der Waals surface area contributed by atoms with Crippen LogP contribution in [-0.4, -0.2) is 213 Å². The third kappa shape index (κ3) is 9.75. The second-order valence-corrected chi connectivity index (χ2v) is 16.3. The predicted molar refractivity (Wildman–Crippen MR) is 184 cm³/mol. The van der Waals surface area contributed by atoms with Crippen molar-refractivity contribution in [2.45, 2.75) is 174 Å². The van der Waals surface area contributed by atoms with Crippen molar-refractivity contribution in [3.63, 3.8) is 0 Å². The number of fused-ring (bicyclic) bond motifs is 1. The minimum atomic E-state index is -1.82. The Morgan fingerprint density at radius 2 is 1.23 bits per heavy atom. The average molecular weight is 812 g/mol. The molecule has 0 aromatic carbocycles. The maximum absolute atomic E-state index is 12.6. The van der Waals surface area contributed by atoms with Crippen molar-refractivity contribution in [2.24, 2.45) is 17.8 Å². The molecule has 0 amide bonds. The predicted octanol–water partition coefficient (Wildman–Crippen LogP) is -6.08. The Morgan fingerprint density at radius 3 is 1.86 bits per heavy atom. The molecule has 3 aliphatic carbocycles. The largest absolute Gasteiger partial charge is 0.460 e. The van der Waals surface area contributed by atoms with E-state index >= 15 is 0 Å². The third-order valence-electron chi connectivity index (χ3n) is 12.4. The zero-order chi connectivity index (χ0) is 40.6. The van der Waals surface area contributed by atoms with Crippen molar-refractivity contribution >= 4 is 5.97 Å². The smallest absolute Gasteiger partial charge is 0.330 e. The molecule has 3 aliphatic heterocycles. The highest BCUT2D eigenvalue weighted by Crippen LogP contribution is 2.44. The van der Waals surface area contributed by atoms with E-state index in [0.29, 0.717) is 12.8 Å². The molecule has 322 valence electrons. The van der Waals surface area contributed by atoms with Crippen molar-refractivity contribution in [1.82, 2.24) is 0 Å². The molecule has 6 aliphatic rings. The number of carbonyl (C=O) groups is 1. The van der Waals surface area contributed by atoms with Crippen LogP contribution in [0.15, 0.2) is 12.2 Å². The summed E-state index contributed by atoms with van der Waals surface area (Å²) in [7, 11) is 0. The molecule has 0 spiro atoms. The van der Waals surface area contributed by atoms with Gasteiger partial charge in [0, 0.05) is 24.8 Å². The molecule has 0 aromatic heterocycles. The van der Waals surface area contributed by atoms with Crippen LogP contribution in [0.5, 0.6) is 0 Å². The number of aliphatic hydroxyl groups excluding tert-OH is 13. The van der Waals surface area contributed by atoms with Gasteiger partial charge in [-0.2, -0.15) is 0 Å². The highest BCUT2D eigenvalue weighted by Gasteiger charge is 2.57. The maximum Gasteiger partial charge on any atom is 0.330 e. The van der Waals surface area contributed by atoms with Gasteiger partial charge in [-0.25, -0.2) is 4.79 Å². The second-order valence-electron chi connectivity index (χ2n) is 16.3. The molecule has 20 nitrogen and oxygen atoms in total. The van der Waals surface area contributed by atoms with Crippen LogP contribution in [0.3, 0.4) is 0 Å². The summed E-state index contributed by atoms with van der Waals surface area (Å²) in [5.41, 5.74) is 0. The highest BCUT2D eigenvalue weighted by molar-refractivity contribution is 5.81. The quantitative estimate of drug-likeness (QED) is 0.0555. The van der Waals surface area contributed by atoms with E-state index in [2.05, 4.69) is 0 Å². The fraction of sp³-hybridized carbons (Fsp3) is 0.917. The Hall–Kier alpha value is -1.51. The zero-order valence-electron chi connectivity index (χ0n) is 30.7. The first-order valence-corrected chi connectivity index (χ1v) is 19.5. The molecule has 3 saturated heterocycles. The number of carbonyl (C=O) groups excluding carboxylic acids is 1. The normalized spacial score (nSPS) is 51.7. The van der Waals surface area contributed by atoms with E-state index in [4.69, 9.17) is 28.4 Å². The van der Waals surface area contributed by atoms with Crippen LogP contribution in [0.4, 0.5) is 0 Å². The summed E-state index contributed by atoms with van der Waals surface area (Å²) in [6.45, 7) is -1.25. The van der Waals surface area contributed by atoms with Crippen LogP contribution in [0.1, 0.15) is 51.4 Å². The first kappa shape index (κ1) is 44.1. The molecule has 6 rings (SSSR count). The lowest BCUT2D eigenvalue weighted by molar-refractivity contribution is -0.368. The first-order chi connectivity index (χ1) is 26.6. The number of hydrogen-bond acceptors (Lipinski definition) is 19. The van der Waals surface area contributed by atoms with Crippen LogP contribution < -0.4 is 0 Å². The fourth-order valence-electron chi connectivity index (χ4n) is 9.15. The maximum atomic E-state index is 12.6. The van der Waals surface area contributed by atoms with Gasteiger partial charge in [0.2, 0.25) is 0 Å². The van der Waals surface area contributed by atoms with Crippen molar-refractivity contribution in [2.75, 3.05) is 13.2 Å². The lowest BCUT2D eigenvalue weighted by Gasteiger charge is -2.50. The number of esters is 1. The average Bonchev–Trinajstić information content (AvgIpc) is 3.16. The zero-order valence-corrected chi connectivity index (χ0v) is 30.7. The van der Waals surface area contributed by atoms with Crippen LogP contribution >= 0.6 is 0 Å². The van der Waals surface area contributed by atoms with E-state index in [0.717, 1.165) is 6.08 Å². The summed E-state index contributed by atoms with van der Waals surface area (Å²) >= 11 is 0. The van der Waals surface area contributed by atoms with E-state index < -0.39 is 153 Å². The van der Waals surface area contributed by atoms with Gasteiger partial charge < -0.3 is 94.8 Å². The van der Waals surface area contributed by atoms with Crippen molar-refractivity contribution in [3.8, 4) is 0 Å². The van der Waals surface area contributed by atoms with E-state index in [1.54, 1.807) is 6.08 Å². The van der Waals surface area contributed by atoms with E-state index in [1.807, 2.05) is 0 Å². The SMILES string of the molecule is O=C(C=CC1CCC(O)C(O)C1)OC[C@H]1O[C@@H](OC2CC3C(O[C@@H]4O[C@H](CO)[C@@H](O)[C@H](O)[C@H]4O)CC(O)CC3[OH+]C2C2CC(O)C(O)C(O)C2)[C@H](O)[C@@H](O)[C@@H]1O. The summed E-state index contributed by atoms with van der Waals surface area (Å²) in [5.74, 6) is -2.15. The molecule has 56 heavy (non-hydrogen) atoms. The highest BCUT2D eigenvalue weighted by atomic mass is 16.7. The van der Waals surface area contributed by atoms with Crippen LogP contribution in [0.2, 0.25) is 0 Å². The number of allylic oxidation sites excluding steroid dienone is 1. The Balaban J connectivity index is 1.18. The third-order valence-corrected chi connectivity index (χ3v) is 12.4. The standard InChI is InChI=1S/C36H58O20/c37-11-24-28(45)30(47)32(49)35(55-24)53-22-9-15(38)8-21-16(22)10-23(34(52-21)14-6-19(41)27(44)20(42)7-14)54-36-33(50)31(48)29(46)25(56-36)12-51-26(43)4-2-13-1-3-17(39)18(40)5-13/h2,4,13-25,27-42,44-50H,1,3,5-12H2/p+1/t13?,14?,15?,16?,17?,18?,19?,20?,21?,22?,23?,24-,25-,27?,28-,29-,30+,31+,32-,33-,34?,35-,36-/m1/s1. The molecule has 6 fully saturated rings. The summed E-state index contributed by atoms with van der Waals surface area (Å²) < 4.78 is 34.2.